The Balaban J connectivity index is 2.54. The highest BCUT2D eigenvalue weighted by Crippen LogP contribution is 2.26. The summed E-state index contributed by atoms with van der Waals surface area (Å²) in [5, 5.41) is 19.0. The third-order valence-corrected chi connectivity index (χ3v) is 2.59. The van der Waals surface area contributed by atoms with E-state index in [4.69, 9.17) is 17.3 Å². The molecule has 2 rings (SSSR count). The van der Waals surface area contributed by atoms with Crippen molar-refractivity contribution in [2.45, 2.75) is 13.0 Å². The Morgan fingerprint density at radius 2 is 2.28 bits per heavy atom. The van der Waals surface area contributed by atoms with Gasteiger partial charge in [-0.1, -0.05) is 16.8 Å². The predicted molar refractivity (Wildman–Crippen MR) is 65.6 cm³/mol. The van der Waals surface area contributed by atoms with Crippen LogP contribution in [0.3, 0.4) is 0 Å². The fraction of sp³-hybridized carbons (Fsp3) is 0.200. The van der Waals surface area contributed by atoms with E-state index in [-0.39, 0.29) is 17.4 Å². The number of nitrogens with two attached hydrogens (primary N) is 1. The van der Waals surface area contributed by atoms with Crippen LogP contribution in [-0.2, 0) is 0 Å². The van der Waals surface area contributed by atoms with Crippen molar-refractivity contribution in [3.05, 3.63) is 45.2 Å². The van der Waals surface area contributed by atoms with Crippen LogP contribution in [0.5, 0.6) is 0 Å². The number of rotatable bonds is 3. The fourth-order valence-electron chi connectivity index (χ4n) is 1.44. The first-order valence-electron chi connectivity index (χ1n) is 5.11. The molecule has 0 aliphatic rings. The molecule has 0 fully saturated rings. The number of nitro benzene ring substituents is 1. The second kappa shape index (κ2) is 4.71. The number of hydrogen-bond acceptors (Lipinski definition) is 5. The molecule has 0 saturated heterocycles. The molecule has 1 aromatic carbocycles. The Kier molecular flexibility index (Phi) is 3.26. The summed E-state index contributed by atoms with van der Waals surface area (Å²) in [5.41, 5.74) is 6.36. The monoisotopic (exact) mass is 267 g/mol. The van der Waals surface area contributed by atoms with Crippen LogP contribution in [0.2, 0.25) is 5.02 Å². The molecule has 0 spiro atoms. The van der Waals surface area contributed by atoms with E-state index < -0.39 is 4.92 Å². The maximum absolute atomic E-state index is 10.9. The van der Waals surface area contributed by atoms with Gasteiger partial charge in [0.15, 0.2) is 0 Å². The van der Waals surface area contributed by atoms with Crippen molar-refractivity contribution in [3.63, 3.8) is 0 Å². The van der Waals surface area contributed by atoms with Gasteiger partial charge < -0.3 is 5.73 Å². The Morgan fingerprint density at radius 3 is 2.83 bits per heavy atom. The lowest BCUT2D eigenvalue weighted by atomic mass is 10.2. The van der Waals surface area contributed by atoms with E-state index in [1.165, 1.54) is 22.9 Å². The lowest BCUT2D eigenvalue weighted by Gasteiger charge is -2.02. The number of benzene rings is 1. The van der Waals surface area contributed by atoms with Gasteiger partial charge in [-0.05, 0) is 19.1 Å². The summed E-state index contributed by atoms with van der Waals surface area (Å²) in [6.45, 7) is 1.75. The van der Waals surface area contributed by atoms with Crippen LogP contribution in [0.4, 0.5) is 5.69 Å². The summed E-state index contributed by atoms with van der Waals surface area (Å²) in [6.07, 6.45) is 1.54. The predicted octanol–water partition coefficient (Wildman–Crippen LogP) is 1.85. The van der Waals surface area contributed by atoms with Gasteiger partial charge in [0.25, 0.3) is 5.69 Å². The third kappa shape index (κ3) is 2.31. The smallest absolute Gasteiger partial charge is 0.295 e. The highest BCUT2D eigenvalue weighted by Gasteiger charge is 2.17. The molecule has 0 bridgehead atoms. The molecule has 1 aromatic heterocycles. The van der Waals surface area contributed by atoms with Gasteiger partial charge in [0.05, 0.1) is 16.8 Å². The quantitative estimate of drug-likeness (QED) is 0.676. The number of nitrogens with zero attached hydrogens (tertiary/aromatic N) is 4. The molecule has 7 nitrogen and oxygen atoms in total. The average Bonchev–Trinajstić information content (AvgIpc) is 2.77. The van der Waals surface area contributed by atoms with E-state index in [2.05, 4.69) is 10.3 Å². The summed E-state index contributed by atoms with van der Waals surface area (Å²) in [4.78, 5) is 10.4. The molecule has 0 aliphatic heterocycles. The normalized spacial score (nSPS) is 12.4. The first kappa shape index (κ1) is 12.5. The minimum Gasteiger partial charge on any atom is -0.323 e. The van der Waals surface area contributed by atoms with Crippen LogP contribution in [0.15, 0.2) is 24.4 Å². The SMILES string of the molecule is CC(N)c1cn(-c2cc(Cl)ccc2[N+](=O)[O-])nn1. The Labute approximate surface area is 107 Å². The number of halogens is 1. The van der Waals surface area contributed by atoms with E-state index in [0.717, 1.165) is 0 Å². The summed E-state index contributed by atoms with van der Waals surface area (Å²) in [6, 6.07) is 3.94. The first-order valence-corrected chi connectivity index (χ1v) is 5.49. The molecule has 94 valence electrons. The van der Waals surface area contributed by atoms with E-state index in [0.29, 0.717) is 10.7 Å². The molecule has 1 heterocycles. The van der Waals surface area contributed by atoms with E-state index in [9.17, 15) is 10.1 Å². The van der Waals surface area contributed by atoms with E-state index in [1.807, 2.05) is 0 Å². The molecule has 2 aromatic rings. The summed E-state index contributed by atoms with van der Waals surface area (Å²) in [5.74, 6) is 0. The van der Waals surface area contributed by atoms with Crippen molar-refractivity contribution in [3.8, 4) is 5.69 Å². The molecular formula is C10H10ClN5O2. The number of hydrogen-bond donors (Lipinski definition) is 1. The molecule has 2 N–H and O–H groups in total. The highest BCUT2D eigenvalue weighted by atomic mass is 35.5. The number of nitro groups is 1. The molecular weight excluding hydrogens is 258 g/mol. The van der Waals surface area contributed by atoms with Gasteiger partial charge in [0, 0.05) is 17.1 Å². The maximum Gasteiger partial charge on any atom is 0.295 e. The van der Waals surface area contributed by atoms with Crippen LogP contribution < -0.4 is 5.73 Å². The van der Waals surface area contributed by atoms with Crippen molar-refractivity contribution in [2.75, 3.05) is 0 Å². The zero-order valence-electron chi connectivity index (χ0n) is 9.45. The van der Waals surface area contributed by atoms with E-state index in [1.54, 1.807) is 13.1 Å². The van der Waals surface area contributed by atoms with Gasteiger partial charge in [-0.25, -0.2) is 4.68 Å². The van der Waals surface area contributed by atoms with Crippen molar-refractivity contribution in [1.29, 1.82) is 0 Å². The molecule has 8 heteroatoms. The van der Waals surface area contributed by atoms with E-state index >= 15 is 0 Å². The third-order valence-electron chi connectivity index (χ3n) is 2.36. The number of aromatic nitrogens is 3. The minimum absolute atomic E-state index is 0.0967. The van der Waals surface area contributed by atoms with Crippen LogP contribution >= 0.6 is 11.6 Å². The summed E-state index contributed by atoms with van der Waals surface area (Å²) >= 11 is 5.83. The zero-order valence-corrected chi connectivity index (χ0v) is 10.2. The van der Waals surface area contributed by atoms with Crippen molar-refractivity contribution >= 4 is 17.3 Å². The molecule has 1 atom stereocenters. The molecule has 0 amide bonds. The second-order valence-electron chi connectivity index (χ2n) is 3.77. The molecule has 18 heavy (non-hydrogen) atoms. The fourth-order valence-corrected chi connectivity index (χ4v) is 1.60. The van der Waals surface area contributed by atoms with Gasteiger partial charge in [-0.15, -0.1) is 5.10 Å². The van der Waals surface area contributed by atoms with Crippen molar-refractivity contribution in [1.82, 2.24) is 15.0 Å². The Morgan fingerprint density at radius 1 is 1.56 bits per heavy atom. The van der Waals surface area contributed by atoms with Crippen molar-refractivity contribution < 1.29 is 4.92 Å². The van der Waals surface area contributed by atoms with Crippen molar-refractivity contribution in [2.24, 2.45) is 5.73 Å². The largest absolute Gasteiger partial charge is 0.323 e. The first-order chi connectivity index (χ1) is 8.49. The summed E-state index contributed by atoms with van der Waals surface area (Å²) < 4.78 is 1.29. The molecule has 0 aliphatic carbocycles. The minimum atomic E-state index is -0.501. The highest BCUT2D eigenvalue weighted by molar-refractivity contribution is 6.30. The van der Waals surface area contributed by atoms with Gasteiger partial charge in [0.1, 0.15) is 5.69 Å². The lowest BCUT2D eigenvalue weighted by molar-refractivity contribution is -0.384. The average molecular weight is 268 g/mol. The molecule has 0 saturated carbocycles. The summed E-state index contributed by atoms with van der Waals surface area (Å²) in [7, 11) is 0. The lowest BCUT2D eigenvalue weighted by Crippen LogP contribution is -2.05. The van der Waals surface area contributed by atoms with Crippen LogP contribution in [0, 0.1) is 10.1 Å². The molecule has 1 unspecified atom stereocenters. The van der Waals surface area contributed by atoms with Crippen LogP contribution in [0.25, 0.3) is 5.69 Å². The van der Waals surface area contributed by atoms with Gasteiger partial charge in [-0.2, -0.15) is 0 Å². The topological polar surface area (TPSA) is 99.9 Å². The molecule has 0 radical (unpaired) electrons. The van der Waals surface area contributed by atoms with Gasteiger partial charge >= 0.3 is 0 Å². The Hall–Kier alpha value is -1.99. The van der Waals surface area contributed by atoms with Gasteiger partial charge in [-0.3, -0.25) is 10.1 Å². The maximum atomic E-state index is 10.9. The van der Waals surface area contributed by atoms with Crippen LogP contribution in [0.1, 0.15) is 18.7 Å². The standard InChI is InChI=1S/C10H10ClN5O2/c1-6(12)8-5-15(14-13-8)10-4-7(11)2-3-9(10)16(17)18/h2-6H,12H2,1H3. The Bertz CT molecular complexity index is 596. The second-order valence-corrected chi connectivity index (χ2v) is 4.20. The zero-order chi connectivity index (χ0) is 13.3. The van der Waals surface area contributed by atoms with Gasteiger partial charge in [0.2, 0.25) is 0 Å². The van der Waals surface area contributed by atoms with Crippen LogP contribution in [-0.4, -0.2) is 19.9 Å².